The van der Waals surface area contributed by atoms with Crippen molar-refractivity contribution < 1.29 is 9.53 Å². The van der Waals surface area contributed by atoms with Gasteiger partial charge in [0, 0.05) is 24.9 Å². The van der Waals surface area contributed by atoms with Gasteiger partial charge in [0.2, 0.25) is 5.91 Å². The Labute approximate surface area is 135 Å². The second kappa shape index (κ2) is 9.73. The summed E-state index contributed by atoms with van der Waals surface area (Å²) in [6, 6.07) is 8.37. The van der Waals surface area contributed by atoms with Gasteiger partial charge in [0.1, 0.15) is 0 Å². The minimum Gasteiger partial charge on any atom is -0.383 e. The zero-order valence-electron chi connectivity index (χ0n) is 12.1. The zero-order chi connectivity index (χ0) is 14.2. The molecule has 1 aromatic carbocycles. The normalized spacial score (nSPS) is 10.3. The van der Waals surface area contributed by atoms with Gasteiger partial charge in [-0.2, -0.15) is 0 Å². The highest BCUT2D eigenvalue weighted by Gasteiger charge is 2.04. The van der Waals surface area contributed by atoms with Crippen molar-refractivity contribution in [3.05, 3.63) is 35.2 Å². The maximum Gasteiger partial charge on any atom is 0.233 e. The molecule has 2 N–H and O–H groups in total. The maximum absolute atomic E-state index is 11.6. The molecule has 21 heavy (non-hydrogen) atoms. The molecule has 0 atom stereocenters. The van der Waals surface area contributed by atoms with Gasteiger partial charge in [0.05, 0.1) is 13.2 Å². The van der Waals surface area contributed by atoms with Crippen LogP contribution in [0.15, 0.2) is 29.6 Å². The van der Waals surface area contributed by atoms with E-state index in [1.54, 1.807) is 18.4 Å². The summed E-state index contributed by atoms with van der Waals surface area (Å²) in [6.45, 7) is 2.33. The highest BCUT2D eigenvalue weighted by atomic mass is 35.5. The van der Waals surface area contributed by atoms with Crippen LogP contribution in [0.4, 0.5) is 0 Å². The molecule has 0 saturated heterocycles. The predicted octanol–water partition coefficient (Wildman–Crippen LogP) is 2.22. The van der Waals surface area contributed by atoms with Gasteiger partial charge in [0.15, 0.2) is 0 Å². The van der Waals surface area contributed by atoms with Crippen LogP contribution in [0.3, 0.4) is 0 Å². The number of hydrogen-bond acceptors (Lipinski definition) is 4. The zero-order valence-corrected chi connectivity index (χ0v) is 13.7. The van der Waals surface area contributed by atoms with E-state index in [0.717, 1.165) is 6.42 Å². The molecule has 0 aliphatic carbocycles. The molecule has 0 bridgehead atoms. The third-order valence-electron chi connectivity index (χ3n) is 3.05. The number of benzene rings is 1. The molecule has 4 nitrogen and oxygen atoms in total. The fraction of sp³-hybridized carbons (Fsp3) is 0.400. The molecule has 1 aromatic heterocycles. The fourth-order valence-electron chi connectivity index (χ4n) is 2.00. The third kappa shape index (κ3) is 5.63. The largest absolute Gasteiger partial charge is 0.383 e. The lowest BCUT2D eigenvalue weighted by atomic mass is 10.1. The topological polar surface area (TPSA) is 50.4 Å². The Morgan fingerprint density at radius 1 is 1.29 bits per heavy atom. The predicted molar refractivity (Wildman–Crippen MR) is 90.5 cm³/mol. The first kappa shape index (κ1) is 17.9. The van der Waals surface area contributed by atoms with Crippen molar-refractivity contribution in [3.63, 3.8) is 0 Å². The minimum absolute atomic E-state index is 0. The van der Waals surface area contributed by atoms with Crippen LogP contribution < -0.4 is 10.6 Å². The number of hydrogen-bond donors (Lipinski definition) is 2. The van der Waals surface area contributed by atoms with Crippen LogP contribution in [0.2, 0.25) is 0 Å². The number of methoxy groups -OCH3 is 1. The minimum atomic E-state index is 0. The Hall–Kier alpha value is -1.14. The van der Waals surface area contributed by atoms with E-state index in [1.807, 2.05) is 0 Å². The number of rotatable bonds is 8. The maximum atomic E-state index is 11.6. The first-order valence-electron chi connectivity index (χ1n) is 6.72. The quantitative estimate of drug-likeness (QED) is 0.731. The molecule has 0 radical (unpaired) electrons. The van der Waals surface area contributed by atoms with Crippen molar-refractivity contribution in [2.45, 2.75) is 6.42 Å². The molecular formula is C15H21ClN2O2S. The molecule has 2 aromatic rings. The number of thiophene rings is 1. The van der Waals surface area contributed by atoms with E-state index in [2.05, 4.69) is 40.3 Å². The number of carbonyl (C=O) groups is 1. The van der Waals surface area contributed by atoms with Crippen molar-refractivity contribution >= 4 is 39.7 Å². The summed E-state index contributed by atoms with van der Waals surface area (Å²) in [6.07, 6.45) is 0.869. The number of fused-ring (bicyclic) bond motifs is 1. The van der Waals surface area contributed by atoms with Gasteiger partial charge in [-0.1, -0.05) is 18.2 Å². The fourth-order valence-corrected chi connectivity index (χ4v) is 3.00. The molecule has 0 aliphatic rings. The van der Waals surface area contributed by atoms with Gasteiger partial charge in [-0.25, -0.2) is 0 Å². The van der Waals surface area contributed by atoms with Crippen LogP contribution in [-0.4, -0.2) is 39.3 Å². The molecule has 1 heterocycles. The van der Waals surface area contributed by atoms with Crippen molar-refractivity contribution in [3.8, 4) is 0 Å². The summed E-state index contributed by atoms with van der Waals surface area (Å²) in [4.78, 5) is 11.6. The number of amides is 1. The van der Waals surface area contributed by atoms with Crippen LogP contribution in [-0.2, 0) is 16.0 Å². The van der Waals surface area contributed by atoms with E-state index < -0.39 is 0 Å². The molecule has 0 aliphatic heterocycles. The van der Waals surface area contributed by atoms with Crippen molar-refractivity contribution in [1.82, 2.24) is 10.6 Å². The molecule has 0 saturated carbocycles. The number of ether oxygens (including phenoxy) is 1. The molecule has 6 heteroatoms. The van der Waals surface area contributed by atoms with Crippen LogP contribution in [0.5, 0.6) is 0 Å². The number of carbonyl (C=O) groups excluding carboxylic acids is 1. The van der Waals surface area contributed by atoms with Gasteiger partial charge in [-0.15, -0.1) is 23.7 Å². The lowest BCUT2D eigenvalue weighted by Crippen LogP contribution is -2.36. The van der Waals surface area contributed by atoms with Crippen LogP contribution in [0.25, 0.3) is 10.1 Å². The third-order valence-corrected chi connectivity index (χ3v) is 4.06. The van der Waals surface area contributed by atoms with Gasteiger partial charge in [-0.3, -0.25) is 4.79 Å². The lowest BCUT2D eigenvalue weighted by molar-refractivity contribution is -0.120. The monoisotopic (exact) mass is 328 g/mol. The van der Waals surface area contributed by atoms with Gasteiger partial charge in [0.25, 0.3) is 0 Å². The van der Waals surface area contributed by atoms with Gasteiger partial charge >= 0.3 is 0 Å². The van der Waals surface area contributed by atoms with E-state index in [1.165, 1.54) is 15.6 Å². The summed E-state index contributed by atoms with van der Waals surface area (Å²) >= 11 is 1.75. The van der Waals surface area contributed by atoms with Crippen molar-refractivity contribution in [2.75, 3.05) is 33.4 Å². The summed E-state index contributed by atoms with van der Waals surface area (Å²) in [7, 11) is 1.65. The Morgan fingerprint density at radius 3 is 2.90 bits per heavy atom. The lowest BCUT2D eigenvalue weighted by Gasteiger charge is -2.06. The smallest absolute Gasteiger partial charge is 0.233 e. The summed E-state index contributed by atoms with van der Waals surface area (Å²) in [5.41, 5.74) is 1.30. The van der Waals surface area contributed by atoms with E-state index >= 15 is 0 Å². The van der Waals surface area contributed by atoms with Crippen molar-refractivity contribution in [2.24, 2.45) is 0 Å². The second-order valence-electron chi connectivity index (χ2n) is 4.53. The van der Waals surface area contributed by atoms with E-state index in [4.69, 9.17) is 4.74 Å². The van der Waals surface area contributed by atoms with E-state index in [9.17, 15) is 4.79 Å². The van der Waals surface area contributed by atoms with Gasteiger partial charge in [-0.05, 0) is 28.8 Å². The van der Waals surface area contributed by atoms with E-state index in [-0.39, 0.29) is 18.3 Å². The van der Waals surface area contributed by atoms with Crippen molar-refractivity contribution in [1.29, 1.82) is 0 Å². The summed E-state index contributed by atoms with van der Waals surface area (Å²) in [5, 5.41) is 9.42. The number of nitrogens with one attached hydrogen (secondary N) is 2. The summed E-state index contributed by atoms with van der Waals surface area (Å²) in [5.74, 6) is 0.0284. The average molecular weight is 329 g/mol. The van der Waals surface area contributed by atoms with Gasteiger partial charge < -0.3 is 15.4 Å². The second-order valence-corrected chi connectivity index (χ2v) is 5.44. The molecular weight excluding hydrogens is 308 g/mol. The molecule has 0 fully saturated rings. The summed E-state index contributed by atoms with van der Waals surface area (Å²) < 4.78 is 6.20. The van der Waals surface area contributed by atoms with E-state index in [0.29, 0.717) is 26.2 Å². The van der Waals surface area contributed by atoms with Crippen LogP contribution >= 0.6 is 23.7 Å². The highest BCUT2D eigenvalue weighted by molar-refractivity contribution is 7.17. The standard InChI is InChI=1S/C15H20N2O2S.ClH/c1-19-9-8-16-10-15(18)17-7-6-12-11-20-14-5-3-2-4-13(12)14;/h2-5,11,16H,6-10H2,1H3,(H,17,18);1H. The first-order chi connectivity index (χ1) is 9.81. The first-order valence-corrected chi connectivity index (χ1v) is 7.60. The Bertz CT molecular complexity index is 559. The molecule has 116 valence electrons. The highest BCUT2D eigenvalue weighted by Crippen LogP contribution is 2.25. The molecule has 0 unspecified atom stereocenters. The molecule has 1 amide bonds. The van der Waals surface area contributed by atoms with Crippen LogP contribution in [0, 0.1) is 0 Å². The van der Waals surface area contributed by atoms with Crippen LogP contribution in [0.1, 0.15) is 5.56 Å². The average Bonchev–Trinajstić information content (AvgIpc) is 2.87. The Kier molecular flexibility index (Phi) is 8.30. The molecule has 0 spiro atoms. The Morgan fingerprint density at radius 2 is 2.10 bits per heavy atom. The molecule has 2 rings (SSSR count). The SMILES string of the molecule is COCCNCC(=O)NCCc1csc2ccccc12.Cl. The number of halogens is 1. The Balaban J connectivity index is 0.00000220.